The molecule has 0 aliphatic carbocycles. The molecule has 1 aromatic rings. The van der Waals surface area contributed by atoms with Crippen molar-refractivity contribution in [3.63, 3.8) is 0 Å². The minimum absolute atomic E-state index is 0.127. The van der Waals surface area contributed by atoms with Crippen molar-refractivity contribution >= 4 is 5.97 Å². The first-order valence-electron chi connectivity index (χ1n) is 6.05. The second kappa shape index (κ2) is 6.86. The summed E-state index contributed by atoms with van der Waals surface area (Å²) < 4.78 is 13.7. The largest absolute Gasteiger partial charge is 0.480 e. The maximum Gasteiger partial charge on any atom is 0.317 e. The average molecular weight is 264 g/mol. The monoisotopic (exact) mass is 264 g/mol. The van der Waals surface area contributed by atoms with Gasteiger partial charge in [0.15, 0.2) is 0 Å². The first kappa shape index (κ1) is 15.1. The number of carbonyl (C=O) groups is 1. The molecule has 0 heterocycles. The van der Waals surface area contributed by atoms with Crippen LogP contribution in [0, 0.1) is 23.1 Å². The zero-order valence-corrected chi connectivity index (χ0v) is 11.1. The van der Waals surface area contributed by atoms with Crippen LogP contribution < -0.4 is 0 Å². The second-order valence-corrected chi connectivity index (χ2v) is 4.88. The van der Waals surface area contributed by atoms with E-state index >= 15 is 0 Å². The molecule has 0 spiro atoms. The fourth-order valence-corrected chi connectivity index (χ4v) is 1.88. The average Bonchev–Trinajstić information content (AvgIpc) is 2.30. The number of benzene rings is 1. The third kappa shape index (κ3) is 5.06. The zero-order valence-electron chi connectivity index (χ0n) is 11.1. The summed E-state index contributed by atoms with van der Waals surface area (Å²) in [5.41, 5.74) is 0.663. The van der Waals surface area contributed by atoms with Gasteiger partial charge in [-0.3, -0.25) is 9.69 Å². The van der Waals surface area contributed by atoms with E-state index in [4.69, 9.17) is 10.4 Å². The van der Waals surface area contributed by atoms with Crippen molar-refractivity contribution in [3.8, 4) is 6.07 Å². The maximum absolute atomic E-state index is 13.7. The Labute approximate surface area is 112 Å². The molecule has 0 bridgehead atoms. The van der Waals surface area contributed by atoms with Gasteiger partial charge in [0.25, 0.3) is 0 Å². The molecule has 0 saturated carbocycles. The van der Waals surface area contributed by atoms with Gasteiger partial charge < -0.3 is 5.11 Å². The highest BCUT2D eigenvalue weighted by molar-refractivity contribution is 5.69. The summed E-state index contributed by atoms with van der Waals surface area (Å²) in [7, 11) is 0. The van der Waals surface area contributed by atoms with Gasteiger partial charge in [-0.1, -0.05) is 19.9 Å². The summed E-state index contributed by atoms with van der Waals surface area (Å²) in [5.74, 6) is -1.12. The van der Waals surface area contributed by atoms with E-state index in [-0.39, 0.29) is 18.7 Å². The molecular formula is C14H17FN2O2. The molecule has 0 fully saturated rings. The van der Waals surface area contributed by atoms with Crippen molar-refractivity contribution in [3.05, 3.63) is 35.1 Å². The Hall–Kier alpha value is -1.93. The van der Waals surface area contributed by atoms with Crippen LogP contribution in [0.4, 0.5) is 4.39 Å². The standard InChI is InChI=1S/C14H17FN2O2/c1-10(2)7-17(9-14(18)19)8-12-4-3-11(6-16)5-13(12)15/h3-5,10H,7-9H2,1-2H3,(H,18,19). The fourth-order valence-electron chi connectivity index (χ4n) is 1.88. The molecular weight excluding hydrogens is 247 g/mol. The molecule has 0 atom stereocenters. The van der Waals surface area contributed by atoms with Crippen LogP contribution in [-0.4, -0.2) is 29.1 Å². The van der Waals surface area contributed by atoms with Crippen molar-refractivity contribution in [2.75, 3.05) is 13.1 Å². The number of nitriles is 1. The lowest BCUT2D eigenvalue weighted by molar-refractivity contribution is -0.138. The van der Waals surface area contributed by atoms with Crippen LogP contribution in [0.25, 0.3) is 0 Å². The van der Waals surface area contributed by atoms with E-state index < -0.39 is 11.8 Å². The van der Waals surface area contributed by atoms with Gasteiger partial charge in [-0.05, 0) is 18.1 Å². The number of carboxylic acid groups (broad SMARTS) is 1. The Morgan fingerprint density at radius 3 is 2.68 bits per heavy atom. The summed E-state index contributed by atoms with van der Waals surface area (Å²) in [6, 6.07) is 6.10. The highest BCUT2D eigenvalue weighted by atomic mass is 19.1. The molecule has 5 heteroatoms. The topological polar surface area (TPSA) is 64.3 Å². The van der Waals surface area contributed by atoms with Gasteiger partial charge in [-0.15, -0.1) is 0 Å². The Bertz CT molecular complexity index is 495. The molecule has 4 nitrogen and oxygen atoms in total. The van der Waals surface area contributed by atoms with Crippen LogP contribution in [0.1, 0.15) is 25.0 Å². The molecule has 0 aliphatic rings. The smallest absolute Gasteiger partial charge is 0.317 e. The summed E-state index contributed by atoms with van der Waals surface area (Å²) in [6.45, 7) is 4.62. The van der Waals surface area contributed by atoms with Gasteiger partial charge in [-0.2, -0.15) is 5.26 Å². The summed E-state index contributed by atoms with van der Waals surface area (Å²) in [6.07, 6.45) is 0. The van der Waals surface area contributed by atoms with E-state index in [1.165, 1.54) is 18.2 Å². The zero-order chi connectivity index (χ0) is 14.4. The van der Waals surface area contributed by atoms with Crippen molar-refractivity contribution in [2.45, 2.75) is 20.4 Å². The maximum atomic E-state index is 13.7. The lowest BCUT2D eigenvalue weighted by atomic mass is 10.1. The molecule has 1 rings (SSSR count). The highest BCUT2D eigenvalue weighted by Crippen LogP contribution is 2.13. The predicted molar refractivity (Wildman–Crippen MR) is 68.9 cm³/mol. The van der Waals surface area contributed by atoms with Crippen LogP contribution in [0.5, 0.6) is 0 Å². The van der Waals surface area contributed by atoms with Gasteiger partial charge in [0.05, 0.1) is 18.2 Å². The fraction of sp³-hybridized carbons (Fsp3) is 0.429. The summed E-state index contributed by atoms with van der Waals surface area (Å²) in [4.78, 5) is 12.5. The number of halogens is 1. The SMILES string of the molecule is CC(C)CN(CC(=O)O)Cc1ccc(C#N)cc1F. The molecule has 102 valence electrons. The molecule has 0 radical (unpaired) electrons. The van der Waals surface area contributed by atoms with E-state index in [1.807, 2.05) is 19.9 Å². The number of hydrogen-bond acceptors (Lipinski definition) is 3. The Morgan fingerprint density at radius 1 is 1.53 bits per heavy atom. The minimum atomic E-state index is -0.935. The molecule has 0 unspecified atom stereocenters. The Kier molecular flexibility index (Phi) is 5.46. The van der Waals surface area contributed by atoms with E-state index in [1.54, 1.807) is 4.90 Å². The van der Waals surface area contributed by atoms with Gasteiger partial charge in [-0.25, -0.2) is 4.39 Å². The van der Waals surface area contributed by atoms with Crippen LogP contribution in [-0.2, 0) is 11.3 Å². The molecule has 0 aromatic heterocycles. The van der Waals surface area contributed by atoms with Crippen LogP contribution in [0.2, 0.25) is 0 Å². The first-order chi connectivity index (χ1) is 8.92. The highest BCUT2D eigenvalue weighted by Gasteiger charge is 2.14. The quantitative estimate of drug-likeness (QED) is 0.855. The normalized spacial score (nSPS) is 10.7. The number of carboxylic acids is 1. The van der Waals surface area contributed by atoms with Crippen molar-refractivity contribution in [1.29, 1.82) is 5.26 Å². The molecule has 0 aliphatic heterocycles. The first-order valence-corrected chi connectivity index (χ1v) is 6.05. The third-order valence-corrected chi connectivity index (χ3v) is 2.56. The van der Waals surface area contributed by atoms with Gasteiger partial charge in [0, 0.05) is 18.7 Å². The molecule has 1 N–H and O–H groups in total. The predicted octanol–water partition coefficient (Wildman–Crippen LogP) is 2.24. The molecule has 19 heavy (non-hydrogen) atoms. The van der Waals surface area contributed by atoms with Gasteiger partial charge in [0.2, 0.25) is 0 Å². The van der Waals surface area contributed by atoms with Crippen molar-refractivity contribution in [1.82, 2.24) is 4.90 Å². The van der Waals surface area contributed by atoms with Crippen molar-refractivity contribution < 1.29 is 14.3 Å². The van der Waals surface area contributed by atoms with E-state index in [9.17, 15) is 9.18 Å². The number of rotatable bonds is 6. The van der Waals surface area contributed by atoms with E-state index in [0.29, 0.717) is 18.0 Å². The van der Waals surface area contributed by atoms with Gasteiger partial charge in [0.1, 0.15) is 5.82 Å². The summed E-state index contributed by atoms with van der Waals surface area (Å²) >= 11 is 0. The Balaban J connectivity index is 2.83. The lowest BCUT2D eigenvalue weighted by Crippen LogP contribution is -2.32. The number of aliphatic carboxylic acids is 1. The van der Waals surface area contributed by atoms with Gasteiger partial charge >= 0.3 is 5.97 Å². The van der Waals surface area contributed by atoms with Crippen LogP contribution >= 0.6 is 0 Å². The van der Waals surface area contributed by atoms with Crippen LogP contribution in [0.15, 0.2) is 18.2 Å². The molecule has 1 aromatic carbocycles. The molecule has 0 amide bonds. The van der Waals surface area contributed by atoms with Crippen molar-refractivity contribution in [2.24, 2.45) is 5.92 Å². The lowest BCUT2D eigenvalue weighted by Gasteiger charge is -2.22. The minimum Gasteiger partial charge on any atom is -0.480 e. The van der Waals surface area contributed by atoms with E-state index in [0.717, 1.165) is 0 Å². The molecule has 0 saturated heterocycles. The van der Waals surface area contributed by atoms with Crippen LogP contribution in [0.3, 0.4) is 0 Å². The second-order valence-electron chi connectivity index (χ2n) is 4.88. The van der Waals surface area contributed by atoms with E-state index in [2.05, 4.69) is 0 Å². The Morgan fingerprint density at radius 2 is 2.21 bits per heavy atom. The number of hydrogen-bond donors (Lipinski definition) is 1. The third-order valence-electron chi connectivity index (χ3n) is 2.56. The number of nitrogens with zero attached hydrogens (tertiary/aromatic N) is 2. The summed E-state index contributed by atoms with van der Waals surface area (Å²) in [5, 5.41) is 17.5.